The quantitative estimate of drug-likeness (QED) is 0.820. The Labute approximate surface area is 119 Å². The highest BCUT2D eigenvalue weighted by molar-refractivity contribution is 7.86. The van der Waals surface area contributed by atoms with Gasteiger partial charge in [-0.05, 0) is 17.7 Å². The molecular formula is C13H20N2O4S. The minimum atomic E-state index is -3.45. The molecule has 1 aliphatic rings. The van der Waals surface area contributed by atoms with E-state index in [0.717, 1.165) is 5.56 Å². The number of ether oxygens (including phenoxy) is 1. The molecule has 1 aliphatic heterocycles. The lowest BCUT2D eigenvalue weighted by Crippen LogP contribution is -2.55. The highest BCUT2D eigenvalue weighted by Crippen LogP contribution is 2.22. The van der Waals surface area contributed by atoms with Crippen LogP contribution in [-0.4, -0.2) is 56.0 Å². The highest BCUT2D eigenvalue weighted by atomic mass is 32.2. The Morgan fingerprint density at radius 3 is 2.75 bits per heavy atom. The van der Waals surface area contributed by atoms with Crippen LogP contribution in [0.2, 0.25) is 0 Å². The van der Waals surface area contributed by atoms with E-state index in [0.29, 0.717) is 25.4 Å². The smallest absolute Gasteiger partial charge is 0.282 e. The summed E-state index contributed by atoms with van der Waals surface area (Å²) in [5.74, 6) is 0.771. The molecule has 0 bridgehead atoms. The summed E-state index contributed by atoms with van der Waals surface area (Å²) in [4.78, 5) is 0. The molecule has 6 nitrogen and oxygen atoms in total. The largest absolute Gasteiger partial charge is 0.497 e. The van der Waals surface area contributed by atoms with Gasteiger partial charge in [-0.2, -0.15) is 17.0 Å². The van der Waals surface area contributed by atoms with Crippen LogP contribution in [0.1, 0.15) is 5.56 Å². The average molecular weight is 300 g/mol. The Morgan fingerprint density at radius 1 is 1.45 bits per heavy atom. The third-order valence-electron chi connectivity index (χ3n) is 3.44. The number of aliphatic hydroxyl groups excluding tert-OH is 1. The molecule has 0 radical (unpaired) electrons. The van der Waals surface area contributed by atoms with E-state index in [1.54, 1.807) is 14.2 Å². The first kappa shape index (κ1) is 15.2. The maximum Gasteiger partial charge on any atom is 0.282 e. The van der Waals surface area contributed by atoms with Crippen molar-refractivity contribution < 1.29 is 18.3 Å². The van der Waals surface area contributed by atoms with E-state index in [1.165, 1.54) is 8.61 Å². The van der Waals surface area contributed by atoms with Crippen LogP contribution in [0.5, 0.6) is 5.75 Å². The summed E-state index contributed by atoms with van der Waals surface area (Å²) in [7, 11) is -0.314. The molecule has 0 unspecified atom stereocenters. The van der Waals surface area contributed by atoms with Gasteiger partial charge in [-0.25, -0.2) is 0 Å². The average Bonchev–Trinajstić information content (AvgIpc) is 2.37. The number of rotatable bonds is 6. The first-order valence-electron chi connectivity index (χ1n) is 6.42. The minimum Gasteiger partial charge on any atom is -0.497 e. The molecule has 1 aromatic carbocycles. The predicted molar refractivity (Wildman–Crippen MR) is 75.5 cm³/mol. The van der Waals surface area contributed by atoms with Crippen LogP contribution in [0.4, 0.5) is 0 Å². The van der Waals surface area contributed by atoms with Crippen molar-refractivity contribution in [1.82, 2.24) is 8.61 Å². The molecule has 2 rings (SSSR count). The fraction of sp³-hybridized carbons (Fsp3) is 0.538. The second-order valence-electron chi connectivity index (χ2n) is 4.98. The van der Waals surface area contributed by atoms with E-state index >= 15 is 0 Å². The number of hydrogen-bond donors (Lipinski definition) is 1. The normalized spacial score (nSPS) is 17.2. The van der Waals surface area contributed by atoms with Crippen molar-refractivity contribution in [1.29, 1.82) is 0 Å². The summed E-state index contributed by atoms with van der Waals surface area (Å²) in [5.41, 5.74) is 0.870. The van der Waals surface area contributed by atoms with Crippen molar-refractivity contribution in [3.8, 4) is 5.75 Å². The zero-order valence-electron chi connectivity index (χ0n) is 11.7. The molecule has 0 atom stereocenters. The molecule has 1 saturated heterocycles. The maximum absolute atomic E-state index is 12.3. The Kier molecular flexibility index (Phi) is 4.64. The van der Waals surface area contributed by atoms with Crippen molar-refractivity contribution in [2.75, 3.05) is 33.9 Å². The Bertz CT molecular complexity index is 555. The van der Waals surface area contributed by atoms with E-state index in [9.17, 15) is 8.42 Å². The van der Waals surface area contributed by atoms with Crippen LogP contribution in [0.15, 0.2) is 24.3 Å². The summed E-state index contributed by atoms with van der Waals surface area (Å²) in [6.07, 6.45) is 0. The van der Waals surface area contributed by atoms with Gasteiger partial charge in [0, 0.05) is 39.2 Å². The minimum absolute atomic E-state index is 0.0334. The lowest BCUT2D eigenvalue weighted by Gasteiger charge is -2.39. The standard InChI is InChI=1S/C13H20N2O4S/c1-14(7-11-4-3-5-13(6-11)19-2)20(17,18)15-8-12(9-15)10-16/h3-6,12,16H,7-10H2,1-2H3. The van der Waals surface area contributed by atoms with Gasteiger partial charge in [-0.1, -0.05) is 12.1 Å². The summed E-state index contributed by atoms with van der Waals surface area (Å²) in [5, 5.41) is 8.95. The molecular weight excluding hydrogens is 280 g/mol. The molecule has 20 heavy (non-hydrogen) atoms. The zero-order valence-corrected chi connectivity index (χ0v) is 12.5. The van der Waals surface area contributed by atoms with Gasteiger partial charge in [0.25, 0.3) is 10.2 Å². The molecule has 7 heteroatoms. The molecule has 1 N–H and O–H groups in total. The van der Waals surface area contributed by atoms with E-state index in [2.05, 4.69) is 0 Å². The number of hydrogen-bond acceptors (Lipinski definition) is 4. The maximum atomic E-state index is 12.3. The first-order valence-corrected chi connectivity index (χ1v) is 7.82. The van der Waals surface area contributed by atoms with Crippen molar-refractivity contribution in [3.63, 3.8) is 0 Å². The Morgan fingerprint density at radius 2 is 2.15 bits per heavy atom. The van der Waals surface area contributed by atoms with E-state index in [4.69, 9.17) is 9.84 Å². The van der Waals surface area contributed by atoms with Crippen LogP contribution in [0.25, 0.3) is 0 Å². The monoisotopic (exact) mass is 300 g/mol. The number of benzene rings is 1. The van der Waals surface area contributed by atoms with Crippen molar-refractivity contribution in [2.45, 2.75) is 6.54 Å². The fourth-order valence-corrected chi connectivity index (χ4v) is 3.64. The van der Waals surface area contributed by atoms with Crippen LogP contribution in [0.3, 0.4) is 0 Å². The summed E-state index contributed by atoms with van der Waals surface area (Å²) in [6.45, 7) is 1.11. The lowest BCUT2D eigenvalue weighted by atomic mass is 10.1. The SMILES string of the molecule is COc1cccc(CN(C)S(=O)(=O)N2CC(CO)C2)c1. The van der Waals surface area contributed by atoms with Crippen LogP contribution >= 0.6 is 0 Å². The van der Waals surface area contributed by atoms with Gasteiger partial charge in [0.15, 0.2) is 0 Å². The summed E-state index contributed by atoms with van der Waals surface area (Å²) < 4.78 is 32.4. The van der Waals surface area contributed by atoms with Gasteiger partial charge in [-0.3, -0.25) is 0 Å². The highest BCUT2D eigenvalue weighted by Gasteiger charge is 2.37. The van der Waals surface area contributed by atoms with Crippen LogP contribution in [0, 0.1) is 5.92 Å². The van der Waals surface area contributed by atoms with Crippen LogP contribution in [-0.2, 0) is 16.8 Å². The molecule has 112 valence electrons. The summed E-state index contributed by atoms with van der Waals surface area (Å²) >= 11 is 0. The second kappa shape index (κ2) is 6.09. The first-order chi connectivity index (χ1) is 9.47. The molecule has 1 fully saturated rings. The van der Waals surface area contributed by atoms with Crippen LogP contribution < -0.4 is 4.74 Å². The lowest BCUT2D eigenvalue weighted by molar-refractivity contribution is 0.112. The number of methoxy groups -OCH3 is 1. The molecule has 1 aromatic rings. The van der Waals surface area contributed by atoms with Gasteiger partial charge < -0.3 is 9.84 Å². The Balaban J connectivity index is 2.02. The van der Waals surface area contributed by atoms with Gasteiger partial charge in [0.05, 0.1) is 7.11 Å². The third-order valence-corrected chi connectivity index (χ3v) is 5.31. The third kappa shape index (κ3) is 3.12. The van der Waals surface area contributed by atoms with Gasteiger partial charge in [0.2, 0.25) is 0 Å². The molecule has 0 aliphatic carbocycles. The van der Waals surface area contributed by atoms with E-state index < -0.39 is 10.2 Å². The number of nitrogens with zero attached hydrogens (tertiary/aromatic N) is 2. The van der Waals surface area contributed by atoms with Gasteiger partial charge in [-0.15, -0.1) is 0 Å². The van der Waals surface area contributed by atoms with E-state index in [-0.39, 0.29) is 12.5 Å². The topological polar surface area (TPSA) is 70.1 Å². The van der Waals surface area contributed by atoms with Gasteiger partial charge in [0.1, 0.15) is 5.75 Å². The Hall–Kier alpha value is -1.15. The second-order valence-corrected chi connectivity index (χ2v) is 7.02. The van der Waals surface area contributed by atoms with Crippen molar-refractivity contribution in [2.24, 2.45) is 5.92 Å². The van der Waals surface area contributed by atoms with Crippen molar-refractivity contribution in [3.05, 3.63) is 29.8 Å². The summed E-state index contributed by atoms with van der Waals surface area (Å²) in [6, 6.07) is 7.33. The molecule has 1 heterocycles. The molecule has 0 saturated carbocycles. The molecule has 0 aromatic heterocycles. The van der Waals surface area contributed by atoms with Gasteiger partial charge >= 0.3 is 0 Å². The number of aliphatic hydroxyl groups is 1. The fourth-order valence-electron chi connectivity index (χ4n) is 2.13. The molecule has 0 amide bonds. The predicted octanol–water partition coefficient (Wildman–Crippen LogP) is 0.296. The zero-order chi connectivity index (χ0) is 14.8. The molecule has 0 spiro atoms. The van der Waals surface area contributed by atoms with E-state index in [1.807, 2.05) is 24.3 Å². The van der Waals surface area contributed by atoms with Crippen molar-refractivity contribution >= 4 is 10.2 Å².